The lowest BCUT2D eigenvalue weighted by atomic mass is 9.98. The molecule has 0 bridgehead atoms. The number of aliphatic hydroxyl groups is 2. The van der Waals surface area contributed by atoms with Crippen LogP contribution in [0.15, 0.2) is 72.9 Å². The first-order valence-electron chi connectivity index (χ1n) is 34.9. The molecule has 0 aliphatic carbocycles. The molecule has 6 atom stereocenters. The van der Waals surface area contributed by atoms with Crippen LogP contribution in [0.3, 0.4) is 0 Å². The molecule has 0 aromatic rings. The zero-order valence-electron chi connectivity index (χ0n) is 54.3. The van der Waals surface area contributed by atoms with Gasteiger partial charge in [-0.3, -0.25) is 14.4 Å². The summed E-state index contributed by atoms with van der Waals surface area (Å²) in [6.45, 7) is 5.92. The van der Waals surface area contributed by atoms with E-state index in [1.54, 1.807) is 0 Å². The lowest BCUT2D eigenvalue weighted by Crippen LogP contribution is -2.61. The van der Waals surface area contributed by atoms with E-state index in [2.05, 4.69) is 93.7 Å². The Balaban J connectivity index is 2.65. The van der Waals surface area contributed by atoms with Crippen LogP contribution in [0.1, 0.15) is 316 Å². The molecular formula is C73H126O12. The van der Waals surface area contributed by atoms with Gasteiger partial charge in [0.15, 0.2) is 24.6 Å². The van der Waals surface area contributed by atoms with Crippen LogP contribution < -0.4 is 0 Å². The Bertz CT molecular complexity index is 1750. The monoisotopic (exact) mass is 1190 g/mol. The van der Waals surface area contributed by atoms with Gasteiger partial charge in [0.05, 0.1) is 6.61 Å². The average molecular weight is 1200 g/mol. The fraction of sp³-hybridized carbons (Fsp3) is 0.781. The minimum Gasteiger partial charge on any atom is -0.479 e. The predicted octanol–water partition coefficient (Wildman–Crippen LogP) is 19.2. The topological polar surface area (TPSA) is 175 Å². The van der Waals surface area contributed by atoms with Gasteiger partial charge in [0.2, 0.25) is 0 Å². The van der Waals surface area contributed by atoms with Crippen LogP contribution in [0.2, 0.25) is 0 Å². The van der Waals surface area contributed by atoms with Gasteiger partial charge in [0.1, 0.15) is 18.8 Å². The van der Waals surface area contributed by atoms with Crippen LogP contribution in [0.25, 0.3) is 0 Å². The molecule has 0 aromatic carbocycles. The predicted molar refractivity (Wildman–Crippen MR) is 349 cm³/mol. The van der Waals surface area contributed by atoms with E-state index in [9.17, 15) is 34.5 Å². The number of esters is 3. The Morgan fingerprint density at radius 1 is 0.400 bits per heavy atom. The summed E-state index contributed by atoms with van der Waals surface area (Å²) < 4.78 is 28.6. The van der Waals surface area contributed by atoms with E-state index >= 15 is 0 Å². The van der Waals surface area contributed by atoms with Gasteiger partial charge < -0.3 is 39.0 Å². The molecule has 6 unspecified atom stereocenters. The molecule has 85 heavy (non-hydrogen) atoms. The normalized spacial score (nSPS) is 17.9. The van der Waals surface area contributed by atoms with Crippen molar-refractivity contribution in [1.82, 2.24) is 0 Å². The smallest absolute Gasteiger partial charge is 0.335 e. The molecule has 0 aromatic heterocycles. The number of ether oxygens (including phenoxy) is 5. The Morgan fingerprint density at radius 3 is 1.15 bits per heavy atom. The lowest BCUT2D eigenvalue weighted by molar-refractivity contribution is -0.301. The number of hydrogen-bond acceptors (Lipinski definition) is 11. The standard InChI is InChI=1S/C73H126O12/c1-4-7-10-13-16-19-22-25-28-31-33-36-38-41-44-47-50-53-56-59-65(74)81-62-64(83-66(75)60-57-54-51-48-45-42-39-35-30-27-24-21-18-15-12-9-6-3)63-82-73-71(69(78)68(77)70(85-73)72(79)80)84-67(76)61-58-55-52-49-46-43-40-37-34-32-29-26-23-20-17-14-11-8-5-2/h8,11,17,20,26-27,29-30,34,37,43,46,64,68-71,73,77-78H,4-7,9-10,12-16,18-19,21-25,28,31-33,35-36,38-42,44-45,47-63H2,1-3H3,(H,79,80)/b11-8-,20-17-,29-26-,30-27-,37-34-,46-43-. The molecule has 0 amide bonds. The van der Waals surface area contributed by atoms with Gasteiger partial charge in [0.25, 0.3) is 0 Å². The Hall–Kier alpha value is -3.84. The van der Waals surface area contributed by atoms with Gasteiger partial charge in [0, 0.05) is 19.3 Å². The molecular weight excluding hydrogens is 1070 g/mol. The van der Waals surface area contributed by atoms with Crippen molar-refractivity contribution in [1.29, 1.82) is 0 Å². The second-order valence-corrected chi connectivity index (χ2v) is 23.8. The van der Waals surface area contributed by atoms with E-state index < -0.39 is 67.3 Å². The van der Waals surface area contributed by atoms with E-state index in [4.69, 9.17) is 23.7 Å². The minimum absolute atomic E-state index is 0.0206. The van der Waals surface area contributed by atoms with Gasteiger partial charge in [-0.25, -0.2) is 4.79 Å². The number of carboxylic acids is 1. The average Bonchev–Trinajstić information content (AvgIpc) is 2.79. The SMILES string of the molecule is CC/C=C\C/C=C\C/C=C\C/C=C\C/C=C\CCCCCC(=O)OC1C(OCC(COC(=O)CCCCCCCCCCCCCCCCCCCCC)OC(=O)CCCCCCCCC/C=C\CCCCCCCC)OC(C(=O)O)C(O)C1O. The highest BCUT2D eigenvalue weighted by atomic mass is 16.7. The van der Waals surface area contributed by atoms with Gasteiger partial charge >= 0.3 is 23.9 Å². The largest absolute Gasteiger partial charge is 0.479 e. The highest BCUT2D eigenvalue weighted by Crippen LogP contribution is 2.27. The number of allylic oxidation sites excluding steroid dienone is 12. The third kappa shape index (κ3) is 49.8. The highest BCUT2D eigenvalue weighted by molar-refractivity contribution is 5.74. The van der Waals surface area contributed by atoms with Crippen molar-refractivity contribution in [2.75, 3.05) is 13.2 Å². The molecule has 0 radical (unpaired) electrons. The fourth-order valence-corrected chi connectivity index (χ4v) is 10.5. The lowest BCUT2D eigenvalue weighted by Gasteiger charge is -2.40. The van der Waals surface area contributed by atoms with E-state index in [-0.39, 0.29) is 25.9 Å². The van der Waals surface area contributed by atoms with Crippen molar-refractivity contribution in [3.05, 3.63) is 72.9 Å². The number of aliphatic carboxylic acids is 1. The van der Waals surface area contributed by atoms with Crippen LogP contribution in [0.4, 0.5) is 0 Å². The summed E-state index contributed by atoms with van der Waals surface area (Å²) in [6.07, 6.45) is 65.7. The molecule has 0 saturated carbocycles. The van der Waals surface area contributed by atoms with Crippen LogP contribution in [0, 0.1) is 0 Å². The molecule has 490 valence electrons. The van der Waals surface area contributed by atoms with Gasteiger partial charge in [-0.1, -0.05) is 280 Å². The summed E-state index contributed by atoms with van der Waals surface area (Å²) in [4.78, 5) is 51.5. The summed E-state index contributed by atoms with van der Waals surface area (Å²) in [5.41, 5.74) is 0. The van der Waals surface area contributed by atoms with Crippen molar-refractivity contribution < 1.29 is 58.2 Å². The molecule has 1 rings (SSSR count). The molecule has 1 aliphatic heterocycles. The van der Waals surface area contributed by atoms with E-state index in [1.807, 2.05) is 0 Å². The molecule has 3 N–H and O–H groups in total. The van der Waals surface area contributed by atoms with Gasteiger partial charge in [-0.05, 0) is 89.9 Å². The zero-order valence-corrected chi connectivity index (χ0v) is 54.3. The number of carbonyl (C=O) groups is 4. The van der Waals surface area contributed by atoms with Crippen LogP contribution in [-0.2, 0) is 42.9 Å². The van der Waals surface area contributed by atoms with Crippen molar-refractivity contribution in [2.24, 2.45) is 0 Å². The maximum Gasteiger partial charge on any atom is 0.335 e. The van der Waals surface area contributed by atoms with Gasteiger partial charge in [-0.2, -0.15) is 0 Å². The van der Waals surface area contributed by atoms with Crippen molar-refractivity contribution >= 4 is 23.9 Å². The highest BCUT2D eigenvalue weighted by Gasteiger charge is 2.50. The van der Waals surface area contributed by atoms with E-state index in [0.717, 1.165) is 103 Å². The molecule has 12 nitrogen and oxygen atoms in total. The third-order valence-electron chi connectivity index (χ3n) is 15.8. The minimum atomic E-state index is -1.92. The summed E-state index contributed by atoms with van der Waals surface area (Å²) in [5.74, 6) is -3.14. The molecule has 12 heteroatoms. The number of carboxylic acid groups (broad SMARTS) is 1. The summed E-state index contributed by atoms with van der Waals surface area (Å²) in [5, 5.41) is 31.7. The molecule has 1 fully saturated rings. The fourth-order valence-electron chi connectivity index (χ4n) is 10.5. The number of carbonyl (C=O) groups excluding carboxylic acids is 3. The first-order chi connectivity index (χ1) is 41.6. The first-order valence-corrected chi connectivity index (χ1v) is 34.9. The number of aliphatic hydroxyl groups excluding tert-OH is 2. The van der Waals surface area contributed by atoms with Crippen LogP contribution >= 0.6 is 0 Å². The van der Waals surface area contributed by atoms with E-state index in [1.165, 1.54) is 154 Å². The zero-order chi connectivity index (χ0) is 61.7. The number of unbranched alkanes of at least 4 members (excludes halogenated alkanes) is 34. The first kappa shape index (κ1) is 79.2. The van der Waals surface area contributed by atoms with E-state index in [0.29, 0.717) is 19.3 Å². The maximum absolute atomic E-state index is 13.2. The van der Waals surface area contributed by atoms with Crippen LogP contribution in [0.5, 0.6) is 0 Å². The molecule has 1 saturated heterocycles. The summed E-state index contributed by atoms with van der Waals surface area (Å²) in [6, 6.07) is 0. The van der Waals surface area contributed by atoms with Crippen LogP contribution in [-0.4, -0.2) is 89.2 Å². The van der Waals surface area contributed by atoms with Gasteiger partial charge in [-0.15, -0.1) is 0 Å². The quantitative estimate of drug-likeness (QED) is 0.0228. The number of rotatable bonds is 60. The van der Waals surface area contributed by atoms with Crippen molar-refractivity contribution in [2.45, 2.75) is 353 Å². The Morgan fingerprint density at radius 2 is 0.741 bits per heavy atom. The summed E-state index contributed by atoms with van der Waals surface area (Å²) >= 11 is 0. The second-order valence-electron chi connectivity index (χ2n) is 23.8. The molecule has 1 aliphatic rings. The Kier molecular flexibility index (Phi) is 56.3. The van der Waals surface area contributed by atoms with Crippen molar-refractivity contribution in [3.8, 4) is 0 Å². The van der Waals surface area contributed by atoms with Crippen molar-refractivity contribution in [3.63, 3.8) is 0 Å². The summed E-state index contributed by atoms with van der Waals surface area (Å²) in [7, 11) is 0. The maximum atomic E-state index is 13.2. The number of hydrogen-bond donors (Lipinski definition) is 3. The third-order valence-corrected chi connectivity index (χ3v) is 15.8. The molecule has 0 spiro atoms. The second kappa shape index (κ2) is 60.4. The Labute approximate surface area is 518 Å². The molecule has 1 heterocycles.